The molecule has 0 bridgehead atoms. The van der Waals surface area contributed by atoms with Gasteiger partial charge in [-0.3, -0.25) is 28.8 Å². The van der Waals surface area contributed by atoms with Crippen LogP contribution < -0.4 is 22.1 Å². The summed E-state index contributed by atoms with van der Waals surface area (Å²) in [6.07, 6.45) is -0.0373. The number of aliphatic carboxylic acids is 4. The minimum Gasteiger partial charge on any atom is -0.480 e. The highest BCUT2D eigenvalue weighted by Gasteiger charge is 2.32. The summed E-state index contributed by atoms with van der Waals surface area (Å²) in [5, 5.41) is 39.8. The third-order valence-corrected chi connectivity index (χ3v) is 8.64. The number of carbonyl (C=O) groups excluding carboxylic acids is 4. The van der Waals surface area contributed by atoms with E-state index in [1.807, 2.05) is 0 Å². The molecular formula is C24H36N4O12S2. The number of nitrogens with two attached hydrogens (primary N) is 2. The van der Waals surface area contributed by atoms with Crippen LogP contribution in [0.4, 0.5) is 0 Å². The Labute approximate surface area is 249 Å². The second kappa shape index (κ2) is 18.3. The number of carboxylic acids is 4. The van der Waals surface area contributed by atoms with Crippen LogP contribution in [-0.2, 0) is 38.4 Å². The molecule has 0 aromatic rings. The predicted molar refractivity (Wildman–Crippen MR) is 150 cm³/mol. The van der Waals surface area contributed by atoms with E-state index in [0.29, 0.717) is 11.5 Å². The monoisotopic (exact) mass is 636 g/mol. The van der Waals surface area contributed by atoms with E-state index in [4.69, 9.17) is 31.9 Å². The molecule has 2 heterocycles. The van der Waals surface area contributed by atoms with Crippen LogP contribution in [0.25, 0.3) is 0 Å². The normalized spacial score (nSPS) is 23.8. The van der Waals surface area contributed by atoms with Crippen molar-refractivity contribution < 1.29 is 58.8 Å². The molecule has 0 aromatic carbocycles. The van der Waals surface area contributed by atoms with Crippen molar-refractivity contribution in [3.05, 3.63) is 0 Å². The molecule has 2 aliphatic rings. The minimum atomic E-state index is -1.17. The van der Waals surface area contributed by atoms with Gasteiger partial charge in [-0.25, -0.2) is 9.59 Å². The number of nitrogens with one attached hydrogen (secondary N) is 2. The van der Waals surface area contributed by atoms with Gasteiger partial charge in [-0.05, 0) is 12.8 Å². The van der Waals surface area contributed by atoms with E-state index >= 15 is 0 Å². The van der Waals surface area contributed by atoms with Crippen LogP contribution in [0.3, 0.4) is 0 Å². The van der Waals surface area contributed by atoms with Gasteiger partial charge in [0.15, 0.2) is 0 Å². The molecule has 0 saturated carbocycles. The zero-order valence-electron chi connectivity index (χ0n) is 22.6. The first-order chi connectivity index (χ1) is 19.6. The lowest BCUT2D eigenvalue weighted by Gasteiger charge is -2.13. The SMILES string of the molecule is N[C@@H](CCC(=O)C[C@H]1CSC[C@@H](C(=O)O)NC1=O)C(=O)O.N[C@@H](CCC(=O)C[C@H]1CSC[C@H](C(=O)O)NC1=O)C(=O)O. The quantitative estimate of drug-likeness (QED) is 0.104. The van der Waals surface area contributed by atoms with Gasteiger partial charge in [0, 0.05) is 48.7 Å². The highest BCUT2D eigenvalue weighted by molar-refractivity contribution is 7.99. The number of rotatable bonds is 14. The Hall–Kier alpha value is -3.22. The van der Waals surface area contributed by atoms with E-state index in [1.54, 1.807) is 0 Å². The summed E-state index contributed by atoms with van der Waals surface area (Å²) in [5.74, 6) is -5.88. The standard InChI is InChI=1S/2C12H18N2O6S/c2*13-8(11(17)18)2-1-7(15)3-6-4-21-5-9(12(19)20)14-10(6)16/h2*6,8-9H,1-5,13H2,(H,14,16)(H,17,18)(H,19,20)/t6-,8-,9+;6-,8-,9-/m00/s1. The van der Waals surface area contributed by atoms with Gasteiger partial charge < -0.3 is 42.5 Å². The third kappa shape index (κ3) is 13.6. The van der Waals surface area contributed by atoms with E-state index < -0.39 is 71.7 Å². The van der Waals surface area contributed by atoms with Crippen LogP contribution in [0.15, 0.2) is 0 Å². The highest BCUT2D eigenvalue weighted by Crippen LogP contribution is 2.20. The number of thioether (sulfide) groups is 2. The van der Waals surface area contributed by atoms with Gasteiger partial charge in [-0.2, -0.15) is 23.5 Å². The van der Waals surface area contributed by atoms with E-state index in [9.17, 15) is 38.4 Å². The molecule has 2 aliphatic heterocycles. The molecule has 0 unspecified atom stereocenters. The molecule has 2 amide bonds. The zero-order valence-corrected chi connectivity index (χ0v) is 24.2. The molecule has 236 valence electrons. The molecule has 16 nitrogen and oxygen atoms in total. The van der Waals surface area contributed by atoms with Gasteiger partial charge in [0.05, 0.1) is 11.8 Å². The number of ketones is 2. The summed E-state index contributed by atoms with van der Waals surface area (Å²) in [6, 6.07) is -4.07. The van der Waals surface area contributed by atoms with Gasteiger partial charge in [-0.15, -0.1) is 0 Å². The maximum atomic E-state index is 11.9. The van der Waals surface area contributed by atoms with Crippen LogP contribution >= 0.6 is 23.5 Å². The number of Topliss-reactive ketones (excluding diaryl/α,β-unsaturated/α-hetero) is 2. The first-order valence-electron chi connectivity index (χ1n) is 12.8. The second-order valence-corrected chi connectivity index (χ2v) is 11.9. The molecule has 6 atom stereocenters. The van der Waals surface area contributed by atoms with Crippen molar-refractivity contribution in [3.63, 3.8) is 0 Å². The van der Waals surface area contributed by atoms with E-state index in [2.05, 4.69) is 10.6 Å². The van der Waals surface area contributed by atoms with E-state index in [-0.39, 0.29) is 61.6 Å². The summed E-state index contributed by atoms with van der Waals surface area (Å²) in [4.78, 5) is 90.0. The molecule has 0 spiro atoms. The number of carbonyl (C=O) groups is 8. The molecule has 2 saturated heterocycles. The van der Waals surface area contributed by atoms with Crippen molar-refractivity contribution >= 4 is 70.8 Å². The largest absolute Gasteiger partial charge is 0.480 e. The first kappa shape index (κ1) is 36.8. The maximum Gasteiger partial charge on any atom is 0.327 e. The Morgan fingerprint density at radius 1 is 0.667 bits per heavy atom. The number of carboxylic acid groups (broad SMARTS) is 4. The Balaban J connectivity index is 0.000000420. The Bertz CT molecular complexity index is 963. The molecule has 18 heteroatoms. The van der Waals surface area contributed by atoms with Crippen LogP contribution in [0.5, 0.6) is 0 Å². The topological polar surface area (TPSA) is 294 Å². The number of amides is 2. The van der Waals surface area contributed by atoms with Gasteiger partial charge >= 0.3 is 23.9 Å². The van der Waals surface area contributed by atoms with Gasteiger partial charge in [0.1, 0.15) is 35.7 Å². The average molecular weight is 637 g/mol. The molecule has 0 radical (unpaired) electrons. The second-order valence-electron chi connectivity index (χ2n) is 9.72. The molecule has 2 rings (SSSR count). The Kier molecular flexibility index (Phi) is 16.1. The van der Waals surface area contributed by atoms with E-state index in [0.717, 1.165) is 0 Å². The summed E-state index contributed by atoms with van der Waals surface area (Å²) < 4.78 is 0. The summed E-state index contributed by atoms with van der Waals surface area (Å²) >= 11 is 2.60. The lowest BCUT2D eigenvalue weighted by Crippen LogP contribution is -2.43. The van der Waals surface area contributed by atoms with Gasteiger partial charge in [0.2, 0.25) is 11.8 Å². The van der Waals surface area contributed by atoms with Crippen molar-refractivity contribution in [2.24, 2.45) is 23.3 Å². The molecule has 10 N–H and O–H groups in total. The van der Waals surface area contributed by atoms with E-state index in [1.165, 1.54) is 23.5 Å². The number of hydrogen-bond acceptors (Lipinski definition) is 12. The Morgan fingerprint density at radius 2 is 1.00 bits per heavy atom. The fourth-order valence-corrected chi connectivity index (χ4v) is 5.98. The summed E-state index contributed by atoms with van der Waals surface area (Å²) in [7, 11) is 0. The minimum absolute atomic E-state index is 0.00965. The fourth-order valence-electron chi connectivity index (χ4n) is 3.67. The van der Waals surface area contributed by atoms with Gasteiger partial charge in [0.25, 0.3) is 0 Å². The molecule has 42 heavy (non-hydrogen) atoms. The van der Waals surface area contributed by atoms with Crippen LogP contribution in [0.2, 0.25) is 0 Å². The maximum absolute atomic E-state index is 11.9. The van der Waals surface area contributed by atoms with Crippen molar-refractivity contribution in [2.45, 2.75) is 62.7 Å². The molecular weight excluding hydrogens is 600 g/mol. The lowest BCUT2D eigenvalue weighted by atomic mass is 9.99. The van der Waals surface area contributed by atoms with Crippen molar-refractivity contribution in [2.75, 3.05) is 23.0 Å². The van der Waals surface area contributed by atoms with Crippen molar-refractivity contribution in [1.29, 1.82) is 0 Å². The zero-order chi connectivity index (χ0) is 32.0. The van der Waals surface area contributed by atoms with Crippen LogP contribution in [-0.4, -0.2) is 115 Å². The summed E-state index contributed by atoms with van der Waals surface area (Å²) in [6.45, 7) is 0. The highest BCUT2D eigenvalue weighted by atomic mass is 32.2. The Morgan fingerprint density at radius 3 is 1.29 bits per heavy atom. The predicted octanol–water partition coefficient (Wildman–Crippen LogP) is -1.86. The van der Waals surface area contributed by atoms with Crippen molar-refractivity contribution in [3.8, 4) is 0 Å². The number of hydrogen-bond donors (Lipinski definition) is 8. The van der Waals surface area contributed by atoms with Crippen LogP contribution in [0.1, 0.15) is 38.5 Å². The lowest BCUT2D eigenvalue weighted by molar-refractivity contribution is -0.142. The molecule has 2 fully saturated rings. The first-order valence-corrected chi connectivity index (χ1v) is 15.1. The molecule has 0 aliphatic carbocycles. The average Bonchev–Trinajstić information content (AvgIpc) is 3.21. The van der Waals surface area contributed by atoms with Crippen LogP contribution in [0, 0.1) is 11.8 Å². The molecule has 0 aromatic heterocycles. The smallest absolute Gasteiger partial charge is 0.327 e. The fraction of sp³-hybridized carbons (Fsp3) is 0.667. The third-order valence-electron chi connectivity index (χ3n) is 6.23. The van der Waals surface area contributed by atoms with Gasteiger partial charge in [-0.1, -0.05) is 0 Å². The summed E-state index contributed by atoms with van der Waals surface area (Å²) in [5.41, 5.74) is 10.6. The van der Waals surface area contributed by atoms with Crippen molar-refractivity contribution in [1.82, 2.24) is 10.6 Å².